The fourth-order valence-electron chi connectivity index (χ4n) is 3.01. The highest BCUT2D eigenvalue weighted by Crippen LogP contribution is 2.36. The Morgan fingerprint density at radius 3 is 2.67 bits per heavy atom. The van der Waals surface area contributed by atoms with E-state index < -0.39 is 17.6 Å². The van der Waals surface area contributed by atoms with E-state index in [0.717, 1.165) is 0 Å². The molecule has 0 aliphatic carbocycles. The maximum absolute atomic E-state index is 13.0. The van der Waals surface area contributed by atoms with E-state index in [2.05, 4.69) is 5.32 Å². The van der Waals surface area contributed by atoms with Gasteiger partial charge in [0, 0.05) is 16.7 Å². The minimum absolute atomic E-state index is 0.0987. The Bertz CT molecular complexity index is 938. The van der Waals surface area contributed by atoms with Gasteiger partial charge < -0.3 is 14.8 Å². The first-order valence-electron chi connectivity index (χ1n) is 8.23. The summed E-state index contributed by atoms with van der Waals surface area (Å²) in [5.41, 5.74) is -0.376. The van der Waals surface area contributed by atoms with Crippen LogP contribution in [0.4, 0.5) is 0 Å². The fraction of sp³-hybridized carbons (Fsp3) is 0.250. The maximum atomic E-state index is 13.0. The number of aldehydes is 1. The summed E-state index contributed by atoms with van der Waals surface area (Å²) < 4.78 is 11.1. The van der Waals surface area contributed by atoms with Crippen LogP contribution in [-0.2, 0) is 0 Å². The molecule has 1 unspecified atom stereocenters. The van der Waals surface area contributed by atoms with Gasteiger partial charge in [-0.15, -0.1) is 0 Å². The van der Waals surface area contributed by atoms with Crippen molar-refractivity contribution in [3.63, 3.8) is 0 Å². The summed E-state index contributed by atoms with van der Waals surface area (Å²) in [6, 6.07) is 8.31. The lowest BCUT2D eigenvalue weighted by atomic mass is 9.87. The lowest BCUT2D eigenvalue weighted by Crippen LogP contribution is -2.59. The summed E-state index contributed by atoms with van der Waals surface area (Å²) in [5, 5.41) is 3.00. The molecule has 2 aromatic rings. The van der Waals surface area contributed by atoms with Crippen LogP contribution in [0.25, 0.3) is 0 Å². The van der Waals surface area contributed by atoms with Crippen molar-refractivity contribution in [2.75, 3.05) is 7.11 Å². The van der Waals surface area contributed by atoms with Crippen LogP contribution in [0.2, 0.25) is 5.02 Å². The van der Waals surface area contributed by atoms with Gasteiger partial charge in [0.25, 0.3) is 5.91 Å². The highest BCUT2D eigenvalue weighted by Gasteiger charge is 2.44. The molecule has 1 aliphatic heterocycles. The molecule has 0 saturated carbocycles. The molecule has 140 valence electrons. The zero-order valence-corrected chi connectivity index (χ0v) is 15.8. The number of methoxy groups -OCH3 is 1. The van der Waals surface area contributed by atoms with E-state index in [9.17, 15) is 14.4 Å². The van der Waals surface area contributed by atoms with Gasteiger partial charge in [-0.1, -0.05) is 11.6 Å². The number of rotatable bonds is 4. The van der Waals surface area contributed by atoms with E-state index in [4.69, 9.17) is 21.1 Å². The molecule has 1 amide bonds. The van der Waals surface area contributed by atoms with E-state index in [1.54, 1.807) is 32.0 Å². The molecule has 0 aromatic heterocycles. The monoisotopic (exact) mass is 387 g/mol. The molecule has 0 spiro atoms. The summed E-state index contributed by atoms with van der Waals surface area (Å²) in [6.07, 6.45) is 0.567. The standard InChI is InChI=1S/C20H18ClNO5/c1-20(2)18(17(24)14-7-6-13(26-3)9-16(14)27-20)22-19(25)15-8-12(21)5-4-11(15)10-23/h4-10,18H,1-3H3,(H,22,25). The van der Waals surface area contributed by atoms with Crippen LogP contribution in [0.5, 0.6) is 11.5 Å². The van der Waals surface area contributed by atoms with Crippen molar-refractivity contribution in [1.82, 2.24) is 5.32 Å². The number of hydrogen-bond acceptors (Lipinski definition) is 5. The van der Waals surface area contributed by atoms with Gasteiger partial charge in [0.05, 0.1) is 18.2 Å². The van der Waals surface area contributed by atoms with Crippen molar-refractivity contribution in [2.24, 2.45) is 0 Å². The molecule has 1 N–H and O–H groups in total. The van der Waals surface area contributed by atoms with E-state index >= 15 is 0 Å². The number of ketones is 1. The van der Waals surface area contributed by atoms with Gasteiger partial charge in [0.2, 0.25) is 0 Å². The number of ether oxygens (including phenoxy) is 2. The molecule has 0 saturated heterocycles. The molecule has 0 fully saturated rings. The first-order valence-corrected chi connectivity index (χ1v) is 8.61. The quantitative estimate of drug-likeness (QED) is 0.814. The van der Waals surface area contributed by atoms with Crippen LogP contribution >= 0.6 is 11.6 Å². The van der Waals surface area contributed by atoms with E-state index in [1.165, 1.54) is 25.3 Å². The number of benzene rings is 2. The van der Waals surface area contributed by atoms with Crippen molar-refractivity contribution in [3.05, 3.63) is 58.1 Å². The topological polar surface area (TPSA) is 81.7 Å². The summed E-state index contributed by atoms with van der Waals surface area (Å²) in [7, 11) is 1.52. The van der Waals surface area contributed by atoms with Gasteiger partial charge in [-0.3, -0.25) is 14.4 Å². The number of hydrogen-bond donors (Lipinski definition) is 1. The average Bonchev–Trinajstić information content (AvgIpc) is 2.64. The van der Waals surface area contributed by atoms with E-state index in [1.807, 2.05) is 0 Å². The minimum atomic E-state index is -1.01. The first kappa shape index (κ1) is 18.9. The molecule has 1 aliphatic rings. The first-order chi connectivity index (χ1) is 12.8. The van der Waals surface area contributed by atoms with Gasteiger partial charge >= 0.3 is 0 Å². The van der Waals surface area contributed by atoms with Crippen LogP contribution in [-0.4, -0.2) is 36.7 Å². The Labute approximate surface area is 161 Å². The lowest BCUT2D eigenvalue weighted by molar-refractivity contribution is 0.0379. The van der Waals surface area contributed by atoms with Crippen molar-refractivity contribution in [3.8, 4) is 11.5 Å². The predicted octanol–water partition coefficient (Wildman–Crippen LogP) is 3.31. The van der Waals surface area contributed by atoms with Crippen LogP contribution in [0.3, 0.4) is 0 Å². The molecule has 1 heterocycles. The lowest BCUT2D eigenvalue weighted by Gasteiger charge is -2.39. The summed E-state index contributed by atoms with van der Waals surface area (Å²) in [4.78, 5) is 36.9. The number of carbonyl (C=O) groups is 3. The number of carbonyl (C=O) groups excluding carboxylic acids is 3. The van der Waals surface area contributed by atoms with E-state index in [0.29, 0.717) is 28.4 Å². The van der Waals surface area contributed by atoms with Crippen LogP contribution in [0.1, 0.15) is 44.9 Å². The minimum Gasteiger partial charge on any atom is -0.497 e. The fourth-order valence-corrected chi connectivity index (χ4v) is 3.18. The molecule has 1 atom stereocenters. The molecule has 27 heavy (non-hydrogen) atoms. The highest BCUT2D eigenvalue weighted by atomic mass is 35.5. The number of nitrogens with one attached hydrogen (secondary N) is 1. The zero-order valence-electron chi connectivity index (χ0n) is 15.0. The van der Waals surface area contributed by atoms with Crippen molar-refractivity contribution >= 4 is 29.6 Å². The smallest absolute Gasteiger partial charge is 0.252 e. The number of fused-ring (bicyclic) bond motifs is 1. The Morgan fingerprint density at radius 1 is 1.26 bits per heavy atom. The Kier molecular flexibility index (Phi) is 4.93. The van der Waals surface area contributed by atoms with Gasteiger partial charge in [-0.05, 0) is 44.2 Å². The molecule has 6 nitrogen and oxygen atoms in total. The van der Waals surface area contributed by atoms with Gasteiger partial charge in [0.15, 0.2) is 12.1 Å². The average molecular weight is 388 g/mol. The molecule has 7 heteroatoms. The van der Waals surface area contributed by atoms with Crippen LogP contribution < -0.4 is 14.8 Å². The predicted molar refractivity (Wildman–Crippen MR) is 100 cm³/mol. The molecule has 0 bridgehead atoms. The normalized spacial score (nSPS) is 17.5. The van der Waals surface area contributed by atoms with E-state index in [-0.39, 0.29) is 16.9 Å². The van der Waals surface area contributed by atoms with Crippen molar-refractivity contribution in [2.45, 2.75) is 25.5 Å². The summed E-state index contributed by atoms with van der Waals surface area (Å²) in [5.74, 6) is 0.0964. The number of amides is 1. The van der Waals surface area contributed by atoms with Gasteiger partial charge in [0.1, 0.15) is 23.1 Å². The third-order valence-corrected chi connectivity index (χ3v) is 4.68. The number of halogens is 1. The maximum Gasteiger partial charge on any atom is 0.252 e. The Hall–Kier alpha value is -2.86. The van der Waals surface area contributed by atoms with Crippen LogP contribution in [0, 0.1) is 0 Å². The Balaban J connectivity index is 1.94. The largest absolute Gasteiger partial charge is 0.497 e. The third-order valence-electron chi connectivity index (χ3n) is 4.45. The molecule has 3 rings (SSSR count). The van der Waals surface area contributed by atoms with Crippen molar-refractivity contribution < 1.29 is 23.9 Å². The van der Waals surface area contributed by atoms with Crippen LogP contribution in [0.15, 0.2) is 36.4 Å². The molecular weight excluding hydrogens is 370 g/mol. The second kappa shape index (κ2) is 7.04. The molecular formula is C20H18ClNO5. The SMILES string of the molecule is COc1ccc2c(c1)OC(C)(C)C(NC(=O)c1cc(Cl)ccc1C=O)C2=O. The summed E-state index contributed by atoms with van der Waals surface area (Å²) in [6.45, 7) is 3.41. The van der Waals surface area contributed by atoms with Gasteiger partial charge in [-0.2, -0.15) is 0 Å². The second-order valence-electron chi connectivity index (χ2n) is 6.69. The summed E-state index contributed by atoms with van der Waals surface area (Å²) >= 11 is 5.94. The van der Waals surface area contributed by atoms with Crippen molar-refractivity contribution in [1.29, 1.82) is 0 Å². The number of Topliss-reactive ketones (excluding diaryl/α,β-unsaturated/α-hetero) is 1. The molecule has 2 aromatic carbocycles. The highest BCUT2D eigenvalue weighted by molar-refractivity contribution is 6.31. The Morgan fingerprint density at radius 2 is 2.00 bits per heavy atom. The molecule has 0 radical (unpaired) electrons. The third kappa shape index (κ3) is 3.53. The van der Waals surface area contributed by atoms with Gasteiger partial charge in [-0.25, -0.2) is 0 Å². The zero-order chi connectivity index (χ0) is 19.8. The second-order valence-corrected chi connectivity index (χ2v) is 7.12.